The average Bonchev–Trinajstić information content (AvgIpc) is 2.41. The van der Waals surface area contributed by atoms with Gasteiger partial charge in [-0.25, -0.2) is 0 Å². The Balaban J connectivity index is 2.30. The minimum absolute atomic E-state index is 0.287. The lowest BCUT2D eigenvalue weighted by molar-refractivity contribution is 0.102. The molecule has 0 saturated heterocycles. The van der Waals surface area contributed by atoms with Crippen molar-refractivity contribution in [2.24, 2.45) is 5.84 Å². The van der Waals surface area contributed by atoms with Crippen molar-refractivity contribution in [1.82, 2.24) is 0 Å². The van der Waals surface area contributed by atoms with Crippen molar-refractivity contribution in [3.8, 4) is 0 Å². The molecule has 0 unspecified atom stereocenters. The standard InChI is InChI=1S/C14H13BrClN3O/c1-8-2-4-13(11(15)6-8)18-14(20)10-7-9(16)3-5-12(10)19-17/h2-7,19H,17H2,1H3,(H,18,20). The molecule has 0 heterocycles. The molecule has 0 aliphatic carbocycles. The summed E-state index contributed by atoms with van der Waals surface area (Å²) in [6.07, 6.45) is 0. The molecule has 0 spiro atoms. The molecule has 2 rings (SSSR count). The Morgan fingerprint density at radius 3 is 2.55 bits per heavy atom. The number of carbonyl (C=O) groups is 1. The maximum absolute atomic E-state index is 12.3. The molecule has 2 aromatic carbocycles. The van der Waals surface area contributed by atoms with Gasteiger partial charge in [-0.3, -0.25) is 10.6 Å². The number of nitrogens with one attached hydrogen (secondary N) is 2. The Labute approximate surface area is 130 Å². The lowest BCUT2D eigenvalue weighted by Crippen LogP contribution is -2.17. The fourth-order valence-corrected chi connectivity index (χ4v) is 2.51. The molecule has 0 saturated carbocycles. The van der Waals surface area contributed by atoms with Crippen LogP contribution in [0.15, 0.2) is 40.9 Å². The van der Waals surface area contributed by atoms with E-state index < -0.39 is 0 Å². The Kier molecular flexibility index (Phi) is 4.65. The summed E-state index contributed by atoms with van der Waals surface area (Å²) in [5.74, 6) is 5.11. The highest BCUT2D eigenvalue weighted by molar-refractivity contribution is 9.10. The van der Waals surface area contributed by atoms with Gasteiger partial charge in [-0.05, 0) is 58.7 Å². The molecule has 20 heavy (non-hydrogen) atoms. The number of anilines is 2. The summed E-state index contributed by atoms with van der Waals surface area (Å²) < 4.78 is 0.815. The summed E-state index contributed by atoms with van der Waals surface area (Å²) >= 11 is 9.33. The largest absolute Gasteiger partial charge is 0.323 e. The van der Waals surface area contributed by atoms with Gasteiger partial charge in [0, 0.05) is 9.50 Å². The van der Waals surface area contributed by atoms with E-state index in [-0.39, 0.29) is 5.91 Å². The molecule has 6 heteroatoms. The summed E-state index contributed by atoms with van der Waals surface area (Å²) in [6.45, 7) is 1.98. The lowest BCUT2D eigenvalue weighted by atomic mass is 10.1. The number of hydrazine groups is 1. The number of halogens is 2. The monoisotopic (exact) mass is 353 g/mol. The highest BCUT2D eigenvalue weighted by Gasteiger charge is 2.13. The summed E-state index contributed by atoms with van der Waals surface area (Å²) in [6, 6.07) is 10.6. The van der Waals surface area contributed by atoms with Gasteiger partial charge in [0.1, 0.15) is 0 Å². The molecule has 0 aromatic heterocycles. The van der Waals surface area contributed by atoms with E-state index in [1.54, 1.807) is 18.2 Å². The van der Waals surface area contributed by atoms with Crippen LogP contribution in [-0.4, -0.2) is 5.91 Å². The van der Waals surface area contributed by atoms with E-state index in [9.17, 15) is 4.79 Å². The smallest absolute Gasteiger partial charge is 0.257 e. The van der Waals surface area contributed by atoms with Gasteiger partial charge < -0.3 is 10.7 Å². The fraction of sp³-hybridized carbons (Fsp3) is 0.0714. The van der Waals surface area contributed by atoms with Crippen molar-refractivity contribution in [2.75, 3.05) is 10.7 Å². The van der Waals surface area contributed by atoms with Gasteiger partial charge >= 0.3 is 0 Å². The van der Waals surface area contributed by atoms with E-state index in [2.05, 4.69) is 26.7 Å². The van der Waals surface area contributed by atoms with Crippen molar-refractivity contribution in [2.45, 2.75) is 6.92 Å². The van der Waals surface area contributed by atoms with Crippen molar-refractivity contribution in [3.63, 3.8) is 0 Å². The molecule has 0 fully saturated rings. The molecule has 4 N–H and O–H groups in total. The van der Waals surface area contributed by atoms with Crippen LogP contribution < -0.4 is 16.6 Å². The average molecular weight is 355 g/mol. The third-order valence-corrected chi connectivity index (χ3v) is 3.65. The van der Waals surface area contributed by atoms with Crippen molar-refractivity contribution in [1.29, 1.82) is 0 Å². The van der Waals surface area contributed by atoms with E-state index in [1.165, 1.54) is 0 Å². The zero-order valence-electron chi connectivity index (χ0n) is 10.7. The first-order valence-corrected chi connectivity index (χ1v) is 7.02. The third-order valence-electron chi connectivity index (χ3n) is 2.75. The number of nitrogen functional groups attached to an aromatic ring is 1. The number of benzene rings is 2. The van der Waals surface area contributed by atoms with Crippen LogP contribution in [0.2, 0.25) is 5.02 Å². The summed E-state index contributed by atoms with van der Waals surface area (Å²) in [5, 5.41) is 3.29. The van der Waals surface area contributed by atoms with Crippen LogP contribution in [0.25, 0.3) is 0 Å². The van der Waals surface area contributed by atoms with Crippen LogP contribution in [0.5, 0.6) is 0 Å². The second-order valence-corrected chi connectivity index (χ2v) is 5.56. The zero-order chi connectivity index (χ0) is 14.7. The number of amides is 1. The van der Waals surface area contributed by atoms with Crippen LogP contribution in [0.3, 0.4) is 0 Å². The number of hydrogen-bond acceptors (Lipinski definition) is 3. The van der Waals surface area contributed by atoms with Crippen LogP contribution in [0.4, 0.5) is 11.4 Å². The fourth-order valence-electron chi connectivity index (χ4n) is 1.74. The van der Waals surface area contributed by atoms with E-state index >= 15 is 0 Å². The summed E-state index contributed by atoms with van der Waals surface area (Å²) in [5.41, 5.74) is 5.16. The molecule has 104 valence electrons. The minimum Gasteiger partial charge on any atom is -0.323 e. The second kappa shape index (κ2) is 6.26. The Bertz CT molecular complexity index is 661. The number of hydrogen-bond donors (Lipinski definition) is 3. The molecule has 0 bridgehead atoms. The van der Waals surface area contributed by atoms with Crippen LogP contribution in [-0.2, 0) is 0 Å². The van der Waals surface area contributed by atoms with Crippen molar-refractivity contribution < 1.29 is 4.79 Å². The predicted octanol–water partition coefficient (Wildman–Crippen LogP) is 3.95. The first kappa shape index (κ1) is 14.8. The molecule has 2 aromatic rings. The Morgan fingerprint density at radius 2 is 1.90 bits per heavy atom. The van der Waals surface area contributed by atoms with Gasteiger partial charge in [0.05, 0.1) is 16.9 Å². The highest BCUT2D eigenvalue weighted by Crippen LogP contribution is 2.26. The Morgan fingerprint density at radius 1 is 1.20 bits per heavy atom. The number of carbonyl (C=O) groups excluding carboxylic acids is 1. The SMILES string of the molecule is Cc1ccc(NC(=O)c2cc(Cl)ccc2NN)c(Br)c1. The summed E-state index contributed by atoms with van der Waals surface area (Å²) in [4.78, 5) is 12.3. The van der Waals surface area contributed by atoms with Gasteiger partial charge in [-0.1, -0.05) is 17.7 Å². The van der Waals surface area contributed by atoms with Gasteiger partial charge in [-0.2, -0.15) is 0 Å². The normalized spacial score (nSPS) is 10.2. The van der Waals surface area contributed by atoms with Gasteiger partial charge in [0.25, 0.3) is 5.91 Å². The number of rotatable bonds is 3. The maximum atomic E-state index is 12.3. The van der Waals surface area contributed by atoms with Gasteiger partial charge in [-0.15, -0.1) is 0 Å². The maximum Gasteiger partial charge on any atom is 0.257 e. The first-order chi connectivity index (χ1) is 9.51. The van der Waals surface area contributed by atoms with E-state index in [0.717, 1.165) is 10.0 Å². The molecule has 4 nitrogen and oxygen atoms in total. The first-order valence-electron chi connectivity index (χ1n) is 5.85. The molecular weight excluding hydrogens is 342 g/mol. The number of nitrogens with two attached hydrogens (primary N) is 1. The van der Waals surface area contributed by atoms with Crippen LogP contribution in [0.1, 0.15) is 15.9 Å². The van der Waals surface area contributed by atoms with Crippen LogP contribution in [0, 0.1) is 6.92 Å². The molecular formula is C14H13BrClN3O. The molecule has 1 amide bonds. The van der Waals surface area contributed by atoms with Crippen molar-refractivity contribution >= 4 is 44.8 Å². The highest BCUT2D eigenvalue weighted by atomic mass is 79.9. The molecule has 0 aliphatic heterocycles. The van der Waals surface area contributed by atoms with Crippen molar-refractivity contribution in [3.05, 3.63) is 57.0 Å². The number of aryl methyl sites for hydroxylation is 1. The van der Waals surface area contributed by atoms with E-state index in [0.29, 0.717) is 22.0 Å². The molecule has 0 atom stereocenters. The van der Waals surface area contributed by atoms with Gasteiger partial charge in [0.2, 0.25) is 0 Å². The van der Waals surface area contributed by atoms with Gasteiger partial charge in [0.15, 0.2) is 0 Å². The minimum atomic E-state index is -0.287. The predicted molar refractivity (Wildman–Crippen MR) is 86.1 cm³/mol. The molecule has 0 aliphatic rings. The third kappa shape index (κ3) is 3.30. The Hall–Kier alpha value is -1.56. The quantitative estimate of drug-likeness (QED) is 0.577. The second-order valence-electron chi connectivity index (χ2n) is 4.27. The van der Waals surface area contributed by atoms with Crippen LogP contribution >= 0.6 is 27.5 Å². The summed E-state index contributed by atoms with van der Waals surface area (Å²) in [7, 11) is 0. The topological polar surface area (TPSA) is 67.2 Å². The zero-order valence-corrected chi connectivity index (χ0v) is 13.0. The molecule has 0 radical (unpaired) electrons. The van der Waals surface area contributed by atoms with E-state index in [4.69, 9.17) is 17.4 Å². The lowest BCUT2D eigenvalue weighted by Gasteiger charge is -2.11. The van der Waals surface area contributed by atoms with E-state index in [1.807, 2.05) is 25.1 Å².